The number of nitrogens with one attached hydrogen (secondary N) is 1. The first-order valence-electron chi connectivity index (χ1n) is 8.63. The number of carbonyl (C=O) groups is 1. The molecule has 3 heterocycles. The van der Waals surface area contributed by atoms with E-state index < -0.39 is 23.1 Å². The van der Waals surface area contributed by atoms with Crippen molar-refractivity contribution >= 4 is 23.1 Å². The molecule has 0 aliphatic heterocycles. The van der Waals surface area contributed by atoms with E-state index in [9.17, 15) is 13.6 Å². The lowest BCUT2D eigenvalue weighted by Crippen LogP contribution is -2.16. The molecule has 0 spiro atoms. The largest absolute Gasteiger partial charge is 0.306 e. The Hall–Kier alpha value is -3.46. The van der Waals surface area contributed by atoms with Gasteiger partial charge in [-0.05, 0) is 38.1 Å². The van der Waals surface area contributed by atoms with Crippen LogP contribution in [0, 0.1) is 25.5 Å². The van der Waals surface area contributed by atoms with Gasteiger partial charge in [0.05, 0.1) is 5.69 Å². The molecule has 4 aromatic rings. The van der Waals surface area contributed by atoms with Crippen molar-refractivity contribution in [1.82, 2.24) is 19.7 Å². The van der Waals surface area contributed by atoms with Crippen molar-refractivity contribution in [3.05, 3.63) is 76.7 Å². The molecule has 6 nitrogen and oxygen atoms in total. The number of nitrogens with zero attached hydrogens (tertiary/aromatic N) is 4. The zero-order valence-electron chi connectivity index (χ0n) is 15.5. The summed E-state index contributed by atoms with van der Waals surface area (Å²) in [6, 6.07) is 6.57. The van der Waals surface area contributed by atoms with Gasteiger partial charge in [0.15, 0.2) is 0 Å². The molecule has 1 aromatic carbocycles. The fourth-order valence-corrected chi connectivity index (χ4v) is 3.50. The summed E-state index contributed by atoms with van der Waals surface area (Å²) >= 11 is 1.53. The first kappa shape index (κ1) is 18.9. The summed E-state index contributed by atoms with van der Waals surface area (Å²) in [6.45, 7) is 3.85. The molecule has 0 saturated carbocycles. The predicted octanol–water partition coefficient (Wildman–Crippen LogP) is 4.54. The van der Waals surface area contributed by atoms with Gasteiger partial charge in [-0.3, -0.25) is 4.79 Å². The monoisotopic (exact) mass is 411 g/mol. The van der Waals surface area contributed by atoms with E-state index in [1.807, 2.05) is 20.0 Å². The highest BCUT2D eigenvalue weighted by Crippen LogP contribution is 2.26. The number of hydrogen-bond donors (Lipinski definition) is 1. The number of amides is 1. The number of aryl methyl sites for hydroxylation is 2. The van der Waals surface area contributed by atoms with Gasteiger partial charge >= 0.3 is 0 Å². The van der Waals surface area contributed by atoms with E-state index in [4.69, 9.17) is 0 Å². The molecule has 1 N–H and O–H groups in total. The van der Waals surface area contributed by atoms with E-state index in [1.165, 1.54) is 17.4 Å². The zero-order chi connectivity index (χ0) is 20.5. The lowest BCUT2D eigenvalue weighted by molar-refractivity contribution is 0.101. The van der Waals surface area contributed by atoms with Crippen molar-refractivity contribution in [2.45, 2.75) is 13.8 Å². The molecule has 0 bridgehead atoms. The summed E-state index contributed by atoms with van der Waals surface area (Å²) in [6.07, 6.45) is 5.21. The molecule has 0 aliphatic rings. The Morgan fingerprint density at radius 2 is 1.83 bits per heavy atom. The van der Waals surface area contributed by atoms with Crippen LogP contribution in [-0.2, 0) is 0 Å². The van der Waals surface area contributed by atoms with Crippen LogP contribution in [0.15, 0.2) is 48.9 Å². The van der Waals surface area contributed by atoms with E-state index in [0.29, 0.717) is 0 Å². The Labute approximate surface area is 168 Å². The molecule has 0 aliphatic carbocycles. The molecule has 0 fully saturated rings. The van der Waals surface area contributed by atoms with Crippen molar-refractivity contribution in [3.8, 4) is 16.3 Å². The second-order valence-corrected chi connectivity index (χ2v) is 7.52. The number of thiazole rings is 1. The topological polar surface area (TPSA) is 72.7 Å². The van der Waals surface area contributed by atoms with E-state index in [0.717, 1.165) is 39.0 Å². The summed E-state index contributed by atoms with van der Waals surface area (Å²) in [5.41, 5.74) is 1.81. The van der Waals surface area contributed by atoms with Crippen LogP contribution in [0.25, 0.3) is 16.3 Å². The number of anilines is 1. The maximum Gasteiger partial charge on any atom is 0.262 e. The Morgan fingerprint density at radius 3 is 2.45 bits per heavy atom. The summed E-state index contributed by atoms with van der Waals surface area (Å²) in [4.78, 5) is 21.8. The van der Waals surface area contributed by atoms with Crippen LogP contribution >= 0.6 is 11.3 Å². The molecule has 0 saturated heterocycles. The first-order chi connectivity index (χ1) is 13.9. The standard InChI is InChI=1S/C20H15F2N5OS/c1-11-8-24-20(29-11)27-10-14(12(2)26-27)13-6-7-17(23-9-13)25-19(28)18-15(21)4-3-5-16(18)22/h3-10H,1-2H3,(H,23,25,28). The summed E-state index contributed by atoms with van der Waals surface area (Å²) in [5, 5.41) is 7.66. The van der Waals surface area contributed by atoms with Gasteiger partial charge < -0.3 is 5.32 Å². The van der Waals surface area contributed by atoms with E-state index >= 15 is 0 Å². The number of benzene rings is 1. The van der Waals surface area contributed by atoms with Crippen LogP contribution in [0.3, 0.4) is 0 Å². The molecule has 9 heteroatoms. The number of pyridine rings is 1. The number of aromatic nitrogens is 4. The summed E-state index contributed by atoms with van der Waals surface area (Å²) in [5.74, 6) is -2.58. The third-order valence-corrected chi connectivity index (χ3v) is 5.11. The van der Waals surface area contributed by atoms with Gasteiger partial charge in [-0.2, -0.15) is 5.10 Å². The second kappa shape index (κ2) is 7.51. The molecular weight excluding hydrogens is 396 g/mol. The molecule has 3 aromatic heterocycles. The van der Waals surface area contributed by atoms with Gasteiger partial charge in [0, 0.05) is 34.6 Å². The van der Waals surface area contributed by atoms with Crippen molar-refractivity contribution < 1.29 is 13.6 Å². The predicted molar refractivity (Wildman–Crippen MR) is 106 cm³/mol. The zero-order valence-corrected chi connectivity index (χ0v) is 16.3. The molecule has 0 atom stereocenters. The van der Waals surface area contributed by atoms with Gasteiger partial charge in [0.2, 0.25) is 5.13 Å². The molecular formula is C20H15F2N5OS. The maximum atomic E-state index is 13.7. The molecule has 0 unspecified atom stereocenters. The van der Waals surface area contributed by atoms with Crippen LogP contribution in [-0.4, -0.2) is 25.7 Å². The lowest BCUT2D eigenvalue weighted by atomic mass is 10.1. The average molecular weight is 411 g/mol. The smallest absolute Gasteiger partial charge is 0.262 e. The molecule has 1 amide bonds. The average Bonchev–Trinajstić information content (AvgIpc) is 3.28. The van der Waals surface area contributed by atoms with Crippen molar-refractivity contribution in [1.29, 1.82) is 0 Å². The van der Waals surface area contributed by atoms with E-state index in [2.05, 4.69) is 20.4 Å². The quantitative estimate of drug-likeness (QED) is 0.535. The normalized spacial score (nSPS) is 10.9. The summed E-state index contributed by atoms with van der Waals surface area (Å²) in [7, 11) is 0. The van der Waals surface area contributed by atoms with Gasteiger partial charge in [0.1, 0.15) is 23.0 Å². The van der Waals surface area contributed by atoms with Crippen LogP contribution in [0.4, 0.5) is 14.6 Å². The lowest BCUT2D eigenvalue weighted by Gasteiger charge is -2.07. The van der Waals surface area contributed by atoms with Gasteiger partial charge in [-0.25, -0.2) is 23.4 Å². The Bertz CT molecular complexity index is 1180. The highest BCUT2D eigenvalue weighted by Gasteiger charge is 2.18. The summed E-state index contributed by atoms with van der Waals surface area (Å²) < 4.78 is 29.2. The Balaban J connectivity index is 1.56. The Morgan fingerprint density at radius 1 is 1.07 bits per heavy atom. The minimum atomic E-state index is -0.931. The SMILES string of the molecule is Cc1cnc(-n2cc(-c3ccc(NC(=O)c4c(F)cccc4F)nc3)c(C)n2)s1. The second-order valence-electron chi connectivity index (χ2n) is 6.31. The maximum absolute atomic E-state index is 13.7. The van der Waals surface area contributed by atoms with Gasteiger partial charge in [-0.15, -0.1) is 11.3 Å². The number of carbonyl (C=O) groups excluding carboxylic acids is 1. The van der Waals surface area contributed by atoms with Crippen molar-refractivity contribution in [3.63, 3.8) is 0 Å². The van der Waals surface area contributed by atoms with Crippen molar-refractivity contribution in [2.75, 3.05) is 5.32 Å². The molecule has 146 valence electrons. The Kier molecular flexibility index (Phi) is 4.89. The van der Waals surface area contributed by atoms with Crippen molar-refractivity contribution in [2.24, 2.45) is 0 Å². The highest BCUT2D eigenvalue weighted by atomic mass is 32.1. The molecule has 4 rings (SSSR count). The van der Waals surface area contributed by atoms with E-state index in [-0.39, 0.29) is 5.82 Å². The van der Waals surface area contributed by atoms with Crippen LogP contribution in [0.1, 0.15) is 20.9 Å². The fourth-order valence-electron chi connectivity index (χ4n) is 2.81. The number of halogens is 2. The van der Waals surface area contributed by atoms with Gasteiger partial charge in [-0.1, -0.05) is 6.07 Å². The van der Waals surface area contributed by atoms with Crippen LogP contribution in [0.2, 0.25) is 0 Å². The minimum Gasteiger partial charge on any atom is -0.306 e. The van der Waals surface area contributed by atoms with Gasteiger partial charge in [0.25, 0.3) is 5.91 Å². The van der Waals surface area contributed by atoms with Crippen LogP contribution in [0.5, 0.6) is 0 Å². The third-order valence-electron chi connectivity index (χ3n) is 4.21. The number of hydrogen-bond acceptors (Lipinski definition) is 5. The van der Waals surface area contributed by atoms with Crippen LogP contribution < -0.4 is 5.32 Å². The minimum absolute atomic E-state index is 0.182. The number of rotatable bonds is 4. The first-order valence-corrected chi connectivity index (χ1v) is 9.45. The highest BCUT2D eigenvalue weighted by molar-refractivity contribution is 7.13. The van der Waals surface area contributed by atoms with E-state index in [1.54, 1.807) is 29.2 Å². The molecule has 29 heavy (non-hydrogen) atoms. The fraction of sp³-hybridized carbons (Fsp3) is 0.100. The third kappa shape index (κ3) is 3.77. The molecule has 0 radical (unpaired) electrons.